The number of amides is 1. The predicted octanol–water partition coefficient (Wildman–Crippen LogP) is 3.52. The number of aromatic nitrogens is 1. The molecular formula is C17H21N3O3S. The fraction of sp³-hybridized carbons (Fsp3) is 0.412. The summed E-state index contributed by atoms with van der Waals surface area (Å²) in [6, 6.07) is 5.65. The molecule has 7 heteroatoms. The van der Waals surface area contributed by atoms with E-state index in [1.807, 2.05) is 24.4 Å². The van der Waals surface area contributed by atoms with Crippen molar-refractivity contribution in [3.8, 4) is 16.2 Å². The van der Waals surface area contributed by atoms with Gasteiger partial charge in [0.25, 0.3) is 0 Å². The van der Waals surface area contributed by atoms with Gasteiger partial charge in [0.2, 0.25) is 0 Å². The zero-order chi connectivity index (χ0) is 17.1. The molecule has 128 valence electrons. The van der Waals surface area contributed by atoms with Crippen LogP contribution >= 0.6 is 11.3 Å². The summed E-state index contributed by atoms with van der Waals surface area (Å²) in [5.41, 5.74) is 12.6. The van der Waals surface area contributed by atoms with E-state index in [-0.39, 0.29) is 6.10 Å². The van der Waals surface area contributed by atoms with E-state index in [0.717, 1.165) is 46.9 Å². The van der Waals surface area contributed by atoms with Crippen LogP contribution in [0.1, 0.15) is 36.6 Å². The number of nitrogen functional groups attached to an aromatic ring is 1. The Bertz CT molecular complexity index is 724. The third-order valence-corrected chi connectivity index (χ3v) is 5.51. The van der Waals surface area contributed by atoms with Gasteiger partial charge in [0.1, 0.15) is 11.9 Å². The van der Waals surface area contributed by atoms with E-state index in [4.69, 9.17) is 20.9 Å². The molecule has 0 bridgehead atoms. The highest BCUT2D eigenvalue weighted by atomic mass is 32.1. The maximum Gasteiger partial charge on any atom is 0.404 e. The Hall–Kier alpha value is -2.28. The second kappa shape index (κ2) is 7.09. The van der Waals surface area contributed by atoms with Crippen molar-refractivity contribution in [3.05, 3.63) is 29.4 Å². The molecule has 1 heterocycles. The van der Waals surface area contributed by atoms with E-state index < -0.39 is 6.09 Å². The number of primary amides is 1. The van der Waals surface area contributed by atoms with Crippen molar-refractivity contribution in [2.45, 2.75) is 37.7 Å². The molecule has 4 N–H and O–H groups in total. The number of anilines is 1. The second-order valence-electron chi connectivity index (χ2n) is 5.93. The zero-order valence-electron chi connectivity index (χ0n) is 13.5. The Labute approximate surface area is 144 Å². The molecule has 1 aromatic carbocycles. The van der Waals surface area contributed by atoms with Crippen LogP contribution in [-0.2, 0) is 4.74 Å². The van der Waals surface area contributed by atoms with Gasteiger partial charge in [-0.1, -0.05) is 0 Å². The van der Waals surface area contributed by atoms with Crippen molar-refractivity contribution in [1.82, 2.24) is 4.98 Å². The predicted molar refractivity (Wildman–Crippen MR) is 94.2 cm³/mol. The summed E-state index contributed by atoms with van der Waals surface area (Å²) in [5, 5.41) is 1.11. The lowest BCUT2D eigenvalue weighted by Gasteiger charge is -2.26. The van der Waals surface area contributed by atoms with E-state index in [1.54, 1.807) is 18.4 Å². The Morgan fingerprint density at radius 2 is 2.04 bits per heavy atom. The Balaban J connectivity index is 1.72. The average molecular weight is 347 g/mol. The number of nitrogens with zero attached hydrogens (tertiary/aromatic N) is 1. The van der Waals surface area contributed by atoms with Gasteiger partial charge in [-0.25, -0.2) is 9.78 Å². The first-order valence-electron chi connectivity index (χ1n) is 7.92. The molecule has 1 saturated carbocycles. The number of nitrogens with two attached hydrogens (primary N) is 2. The summed E-state index contributed by atoms with van der Waals surface area (Å²) in [4.78, 5) is 16.5. The number of hydrogen-bond donors (Lipinski definition) is 2. The molecule has 0 spiro atoms. The highest BCUT2D eigenvalue weighted by Gasteiger charge is 2.26. The van der Waals surface area contributed by atoms with Crippen LogP contribution in [0.25, 0.3) is 10.4 Å². The largest absolute Gasteiger partial charge is 0.496 e. The van der Waals surface area contributed by atoms with Crippen molar-refractivity contribution in [2.75, 3.05) is 12.8 Å². The van der Waals surface area contributed by atoms with Gasteiger partial charge in [0, 0.05) is 29.4 Å². The molecule has 24 heavy (non-hydrogen) atoms. The van der Waals surface area contributed by atoms with E-state index in [2.05, 4.69) is 4.98 Å². The van der Waals surface area contributed by atoms with E-state index in [9.17, 15) is 4.79 Å². The summed E-state index contributed by atoms with van der Waals surface area (Å²) in [5.74, 6) is 1.15. The molecule has 0 atom stereocenters. The summed E-state index contributed by atoms with van der Waals surface area (Å²) >= 11 is 1.68. The van der Waals surface area contributed by atoms with Gasteiger partial charge in [-0.05, 0) is 37.8 Å². The van der Waals surface area contributed by atoms with Gasteiger partial charge in [-0.3, -0.25) is 0 Å². The number of carbonyl (C=O) groups excluding carboxylic acids is 1. The molecule has 0 unspecified atom stereocenters. The molecule has 0 radical (unpaired) electrons. The van der Waals surface area contributed by atoms with Crippen LogP contribution < -0.4 is 16.2 Å². The smallest absolute Gasteiger partial charge is 0.404 e. The summed E-state index contributed by atoms with van der Waals surface area (Å²) in [7, 11) is 1.64. The summed E-state index contributed by atoms with van der Waals surface area (Å²) < 4.78 is 10.5. The van der Waals surface area contributed by atoms with E-state index >= 15 is 0 Å². The lowest BCUT2D eigenvalue weighted by molar-refractivity contribution is 0.0787. The third kappa shape index (κ3) is 3.62. The van der Waals surface area contributed by atoms with Crippen molar-refractivity contribution >= 4 is 23.1 Å². The molecule has 2 aromatic rings. The first kappa shape index (κ1) is 16.6. The number of benzene rings is 1. The minimum Gasteiger partial charge on any atom is -0.496 e. The monoisotopic (exact) mass is 347 g/mol. The van der Waals surface area contributed by atoms with E-state index in [1.165, 1.54) is 0 Å². The fourth-order valence-electron chi connectivity index (χ4n) is 3.10. The maximum atomic E-state index is 10.8. The summed E-state index contributed by atoms with van der Waals surface area (Å²) in [6.07, 6.45) is 4.69. The van der Waals surface area contributed by atoms with Crippen molar-refractivity contribution in [2.24, 2.45) is 5.73 Å². The SMILES string of the molecule is COc1cc(N)ccc1-c1cnc([C@H]2CC[C@H](OC(N)=O)CC2)s1. The van der Waals surface area contributed by atoms with Crippen LogP contribution in [0.5, 0.6) is 5.75 Å². The van der Waals surface area contributed by atoms with Crippen LogP contribution in [0.4, 0.5) is 10.5 Å². The molecule has 0 aliphatic heterocycles. The quantitative estimate of drug-likeness (QED) is 0.824. The Morgan fingerprint density at radius 1 is 1.29 bits per heavy atom. The number of ether oxygens (including phenoxy) is 2. The van der Waals surface area contributed by atoms with Crippen LogP contribution in [0.2, 0.25) is 0 Å². The van der Waals surface area contributed by atoms with Gasteiger partial charge >= 0.3 is 6.09 Å². The first-order chi connectivity index (χ1) is 11.6. The van der Waals surface area contributed by atoms with Crippen LogP contribution in [0.15, 0.2) is 24.4 Å². The van der Waals surface area contributed by atoms with Crippen molar-refractivity contribution in [1.29, 1.82) is 0 Å². The standard InChI is InChI=1S/C17H21N3O3S/c1-22-14-8-11(18)4-7-13(14)15-9-20-16(24-15)10-2-5-12(6-3-10)23-17(19)21/h4,7-10,12H,2-3,5-6,18H2,1H3,(H2,19,21)/t10-,12-. The highest BCUT2D eigenvalue weighted by Crippen LogP contribution is 2.40. The normalized spacial score (nSPS) is 20.5. The minimum absolute atomic E-state index is 0.0598. The number of rotatable bonds is 4. The summed E-state index contributed by atoms with van der Waals surface area (Å²) in [6.45, 7) is 0. The molecule has 1 fully saturated rings. The van der Waals surface area contributed by atoms with Crippen LogP contribution in [0, 0.1) is 0 Å². The molecule has 0 saturated heterocycles. The fourth-order valence-corrected chi connectivity index (χ4v) is 4.22. The average Bonchev–Trinajstić information content (AvgIpc) is 3.04. The Morgan fingerprint density at radius 3 is 2.71 bits per heavy atom. The Kier molecular flexibility index (Phi) is 4.89. The number of hydrogen-bond acceptors (Lipinski definition) is 6. The zero-order valence-corrected chi connectivity index (χ0v) is 14.3. The maximum absolute atomic E-state index is 10.8. The van der Waals surface area contributed by atoms with Gasteiger partial charge in [0.05, 0.1) is 17.0 Å². The van der Waals surface area contributed by atoms with Crippen molar-refractivity contribution in [3.63, 3.8) is 0 Å². The topological polar surface area (TPSA) is 100 Å². The van der Waals surface area contributed by atoms with Gasteiger partial charge in [-0.15, -0.1) is 11.3 Å². The number of carbonyl (C=O) groups is 1. The number of methoxy groups -OCH3 is 1. The van der Waals surface area contributed by atoms with Gasteiger partial charge < -0.3 is 20.9 Å². The number of thiazole rings is 1. The third-order valence-electron chi connectivity index (χ3n) is 4.32. The highest BCUT2D eigenvalue weighted by molar-refractivity contribution is 7.15. The minimum atomic E-state index is -0.689. The molecule has 1 aromatic heterocycles. The molecule has 1 aliphatic carbocycles. The molecule has 1 amide bonds. The van der Waals surface area contributed by atoms with Crippen LogP contribution in [0.3, 0.4) is 0 Å². The molecule has 1 aliphatic rings. The lowest BCUT2D eigenvalue weighted by Crippen LogP contribution is -2.26. The van der Waals surface area contributed by atoms with Gasteiger partial charge in [0.15, 0.2) is 0 Å². The molecule has 6 nitrogen and oxygen atoms in total. The van der Waals surface area contributed by atoms with E-state index in [0.29, 0.717) is 11.6 Å². The second-order valence-corrected chi connectivity index (χ2v) is 7.00. The van der Waals surface area contributed by atoms with Crippen molar-refractivity contribution < 1.29 is 14.3 Å². The lowest BCUT2D eigenvalue weighted by atomic mass is 9.88. The molecule has 3 rings (SSSR count). The molecular weight excluding hydrogens is 326 g/mol. The van der Waals surface area contributed by atoms with Crippen LogP contribution in [-0.4, -0.2) is 24.3 Å². The first-order valence-corrected chi connectivity index (χ1v) is 8.74. The van der Waals surface area contributed by atoms with Gasteiger partial charge in [-0.2, -0.15) is 0 Å².